The molecule has 0 aliphatic rings. The second kappa shape index (κ2) is 5.93. The third-order valence-corrected chi connectivity index (χ3v) is 3.52. The van der Waals surface area contributed by atoms with Crippen LogP contribution in [0.25, 0.3) is 0 Å². The van der Waals surface area contributed by atoms with E-state index in [2.05, 4.69) is 4.98 Å². The molecule has 0 radical (unpaired) electrons. The first-order chi connectivity index (χ1) is 9.10. The summed E-state index contributed by atoms with van der Waals surface area (Å²) in [6.45, 7) is 3.92. The molecular weight excluding hydrogens is 265 g/mol. The fourth-order valence-electron chi connectivity index (χ4n) is 1.74. The molecule has 2 rings (SSSR count). The average molecular weight is 279 g/mol. The van der Waals surface area contributed by atoms with Gasteiger partial charge in [0.15, 0.2) is 5.69 Å². The fourth-order valence-corrected chi connectivity index (χ4v) is 2.69. The summed E-state index contributed by atoms with van der Waals surface area (Å²) in [5, 5.41) is 0.783. The van der Waals surface area contributed by atoms with E-state index >= 15 is 0 Å². The number of benzene rings is 1. The van der Waals surface area contributed by atoms with Crippen LogP contribution >= 0.6 is 11.3 Å². The van der Waals surface area contributed by atoms with Crippen molar-refractivity contribution < 1.29 is 13.9 Å². The summed E-state index contributed by atoms with van der Waals surface area (Å²) in [5.41, 5.74) is 1.20. The highest BCUT2D eigenvalue weighted by Gasteiger charge is 2.16. The summed E-state index contributed by atoms with van der Waals surface area (Å²) in [7, 11) is 0. The number of aryl methyl sites for hydroxylation is 1. The Labute approximate surface area is 115 Å². The summed E-state index contributed by atoms with van der Waals surface area (Å²) in [6.07, 6.45) is 0.517. The molecule has 0 spiro atoms. The van der Waals surface area contributed by atoms with Crippen molar-refractivity contribution in [3.63, 3.8) is 0 Å². The number of rotatable bonds is 4. The normalized spacial score (nSPS) is 10.5. The van der Waals surface area contributed by atoms with E-state index in [1.165, 1.54) is 23.5 Å². The van der Waals surface area contributed by atoms with Crippen LogP contribution in [0.4, 0.5) is 4.39 Å². The molecule has 0 saturated heterocycles. The SMILES string of the molecule is CCOC(=O)c1nc(Cc2cccc(F)c2)sc1C. The first-order valence-electron chi connectivity index (χ1n) is 5.98. The molecule has 0 N–H and O–H groups in total. The van der Waals surface area contributed by atoms with Crippen molar-refractivity contribution in [1.82, 2.24) is 4.98 Å². The molecule has 0 bridgehead atoms. The molecule has 0 unspecified atom stereocenters. The molecule has 1 heterocycles. The number of carbonyl (C=O) groups excluding carboxylic acids is 1. The van der Waals surface area contributed by atoms with Gasteiger partial charge in [0, 0.05) is 11.3 Å². The molecule has 0 aliphatic carbocycles. The second-order valence-electron chi connectivity index (χ2n) is 4.04. The lowest BCUT2D eigenvalue weighted by molar-refractivity contribution is 0.0519. The summed E-state index contributed by atoms with van der Waals surface area (Å²) < 4.78 is 18.0. The van der Waals surface area contributed by atoms with Gasteiger partial charge in [0.25, 0.3) is 0 Å². The number of esters is 1. The number of hydrogen-bond acceptors (Lipinski definition) is 4. The maximum Gasteiger partial charge on any atom is 0.358 e. The van der Waals surface area contributed by atoms with Gasteiger partial charge in [0.05, 0.1) is 11.6 Å². The van der Waals surface area contributed by atoms with Gasteiger partial charge in [-0.1, -0.05) is 12.1 Å². The first kappa shape index (κ1) is 13.7. The second-order valence-corrected chi connectivity index (χ2v) is 5.33. The average Bonchev–Trinajstić information content (AvgIpc) is 2.70. The van der Waals surface area contributed by atoms with Gasteiger partial charge in [0.2, 0.25) is 0 Å². The number of thiazole rings is 1. The lowest BCUT2D eigenvalue weighted by atomic mass is 10.1. The van der Waals surface area contributed by atoms with Crippen LogP contribution in [-0.4, -0.2) is 17.6 Å². The molecule has 0 saturated carbocycles. The van der Waals surface area contributed by atoms with Crippen molar-refractivity contribution in [2.24, 2.45) is 0 Å². The number of halogens is 1. The molecule has 1 aromatic carbocycles. The zero-order valence-corrected chi connectivity index (χ0v) is 11.6. The van der Waals surface area contributed by atoms with Crippen LogP contribution in [0, 0.1) is 12.7 Å². The Morgan fingerprint density at radius 1 is 1.47 bits per heavy atom. The molecule has 2 aromatic rings. The summed E-state index contributed by atoms with van der Waals surface area (Å²) in [6, 6.07) is 6.38. The Hall–Kier alpha value is -1.75. The van der Waals surface area contributed by atoms with Gasteiger partial charge < -0.3 is 4.74 Å². The van der Waals surface area contributed by atoms with Crippen LogP contribution in [0.5, 0.6) is 0 Å². The topological polar surface area (TPSA) is 39.2 Å². The van der Waals surface area contributed by atoms with Crippen molar-refractivity contribution >= 4 is 17.3 Å². The van der Waals surface area contributed by atoms with E-state index in [4.69, 9.17) is 4.74 Å². The highest BCUT2D eigenvalue weighted by Crippen LogP contribution is 2.21. The fraction of sp³-hybridized carbons (Fsp3) is 0.286. The maximum atomic E-state index is 13.1. The largest absolute Gasteiger partial charge is 0.461 e. The molecule has 100 valence electrons. The Morgan fingerprint density at radius 2 is 2.26 bits per heavy atom. The van der Waals surface area contributed by atoms with Gasteiger partial charge in [-0.25, -0.2) is 14.2 Å². The number of aromatic nitrogens is 1. The van der Waals surface area contributed by atoms with Gasteiger partial charge in [-0.05, 0) is 31.5 Å². The van der Waals surface area contributed by atoms with Gasteiger partial charge in [0.1, 0.15) is 5.82 Å². The predicted molar refractivity (Wildman–Crippen MR) is 72.0 cm³/mol. The van der Waals surface area contributed by atoms with E-state index in [9.17, 15) is 9.18 Å². The molecule has 0 aliphatic heterocycles. The lowest BCUT2D eigenvalue weighted by Gasteiger charge is -1.98. The van der Waals surface area contributed by atoms with E-state index in [1.807, 2.05) is 13.0 Å². The zero-order valence-electron chi connectivity index (χ0n) is 10.8. The number of hydrogen-bond donors (Lipinski definition) is 0. The van der Waals surface area contributed by atoms with E-state index in [1.54, 1.807) is 13.0 Å². The third-order valence-electron chi connectivity index (χ3n) is 2.55. The highest BCUT2D eigenvalue weighted by molar-refractivity contribution is 7.11. The van der Waals surface area contributed by atoms with Gasteiger partial charge in [-0.15, -0.1) is 11.3 Å². The number of nitrogens with zero attached hydrogens (tertiary/aromatic N) is 1. The first-order valence-corrected chi connectivity index (χ1v) is 6.79. The third kappa shape index (κ3) is 3.38. The minimum absolute atomic E-state index is 0.267. The molecule has 3 nitrogen and oxygen atoms in total. The number of ether oxygens (including phenoxy) is 1. The molecule has 1 aromatic heterocycles. The Balaban J connectivity index is 2.18. The summed E-state index contributed by atoms with van der Waals surface area (Å²) in [4.78, 5) is 16.7. The minimum Gasteiger partial charge on any atom is -0.461 e. The molecule has 0 amide bonds. The summed E-state index contributed by atoms with van der Waals surface area (Å²) >= 11 is 1.43. The molecule has 0 atom stereocenters. The number of carbonyl (C=O) groups is 1. The molecule has 5 heteroatoms. The van der Waals surface area contributed by atoms with Gasteiger partial charge >= 0.3 is 5.97 Å². The van der Waals surface area contributed by atoms with Crippen molar-refractivity contribution in [2.75, 3.05) is 6.61 Å². The van der Waals surface area contributed by atoms with Crippen LogP contribution in [0.1, 0.15) is 32.9 Å². The standard InChI is InChI=1S/C14H14FNO2S/c1-3-18-14(17)13-9(2)19-12(16-13)8-10-5-4-6-11(15)7-10/h4-7H,3,8H2,1-2H3. The van der Waals surface area contributed by atoms with Crippen LogP contribution in [0.2, 0.25) is 0 Å². The molecule has 0 fully saturated rings. The van der Waals surface area contributed by atoms with Gasteiger partial charge in [-0.2, -0.15) is 0 Å². The Morgan fingerprint density at radius 3 is 2.95 bits per heavy atom. The van der Waals surface area contributed by atoms with Crippen LogP contribution in [0.3, 0.4) is 0 Å². The molecular formula is C14H14FNO2S. The van der Waals surface area contributed by atoms with Crippen molar-refractivity contribution in [3.8, 4) is 0 Å². The van der Waals surface area contributed by atoms with Crippen LogP contribution < -0.4 is 0 Å². The Kier molecular flexibility index (Phi) is 4.27. The smallest absolute Gasteiger partial charge is 0.358 e. The summed E-state index contributed by atoms with van der Waals surface area (Å²) in [5.74, 6) is -0.668. The van der Waals surface area contributed by atoms with E-state index in [0.29, 0.717) is 18.7 Å². The van der Waals surface area contributed by atoms with Gasteiger partial charge in [-0.3, -0.25) is 0 Å². The monoisotopic (exact) mass is 279 g/mol. The maximum absolute atomic E-state index is 13.1. The van der Waals surface area contributed by atoms with E-state index in [0.717, 1.165) is 15.4 Å². The van der Waals surface area contributed by atoms with Crippen LogP contribution in [0.15, 0.2) is 24.3 Å². The van der Waals surface area contributed by atoms with E-state index < -0.39 is 5.97 Å². The lowest BCUT2D eigenvalue weighted by Crippen LogP contribution is -2.06. The quantitative estimate of drug-likeness (QED) is 0.806. The van der Waals surface area contributed by atoms with Crippen molar-refractivity contribution in [1.29, 1.82) is 0 Å². The zero-order chi connectivity index (χ0) is 13.8. The molecule has 19 heavy (non-hydrogen) atoms. The van der Waals surface area contributed by atoms with E-state index in [-0.39, 0.29) is 5.82 Å². The van der Waals surface area contributed by atoms with Crippen molar-refractivity contribution in [3.05, 3.63) is 51.2 Å². The van der Waals surface area contributed by atoms with Crippen molar-refractivity contribution in [2.45, 2.75) is 20.3 Å². The van der Waals surface area contributed by atoms with Crippen LogP contribution in [-0.2, 0) is 11.2 Å². The Bertz CT molecular complexity index is 595. The minimum atomic E-state index is -0.401. The highest BCUT2D eigenvalue weighted by atomic mass is 32.1. The predicted octanol–water partition coefficient (Wildman–Crippen LogP) is 3.36.